The van der Waals surface area contributed by atoms with Gasteiger partial charge in [0.1, 0.15) is 0 Å². The van der Waals surface area contributed by atoms with E-state index in [0.717, 1.165) is 17.1 Å². The second-order valence-corrected chi connectivity index (χ2v) is 5.70. The van der Waals surface area contributed by atoms with Crippen molar-refractivity contribution < 1.29 is 0 Å². The van der Waals surface area contributed by atoms with Crippen LogP contribution >= 0.6 is 11.8 Å². The fraction of sp³-hybridized carbons (Fsp3) is 0.333. The third kappa shape index (κ3) is 3.95. The molecule has 0 aliphatic carbocycles. The topological polar surface area (TPSA) is 57.8 Å². The molecule has 0 saturated heterocycles. The van der Waals surface area contributed by atoms with Crippen LogP contribution in [-0.2, 0) is 0 Å². The van der Waals surface area contributed by atoms with Crippen LogP contribution in [0.15, 0.2) is 45.2 Å². The van der Waals surface area contributed by atoms with E-state index in [4.69, 9.17) is 0 Å². The van der Waals surface area contributed by atoms with Crippen LogP contribution in [0.5, 0.6) is 0 Å². The summed E-state index contributed by atoms with van der Waals surface area (Å²) >= 11 is 1.46. The Morgan fingerprint density at radius 2 is 2.05 bits per heavy atom. The van der Waals surface area contributed by atoms with Crippen LogP contribution < -0.4 is 10.9 Å². The number of hydrogen-bond acceptors (Lipinski definition) is 4. The Morgan fingerprint density at radius 1 is 1.35 bits per heavy atom. The average molecular weight is 289 g/mol. The molecule has 2 rings (SSSR count). The minimum absolute atomic E-state index is 0.114. The molecular weight excluding hydrogens is 270 g/mol. The molecule has 1 aromatic carbocycles. The summed E-state index contributed by atoms with van der Waals surface area (Å²) in [5.41, 5.74) is 1.87. The molecular formula is C15H19N3OS. The van der Waals surface area contributed by atoms with Crippen molar-refractivity contribution in [1.29, 1.82) is 0 Å². The predicted molar refractivity (Wildman–Crippen MR) is 82.3 cm³/mol. The molecule has 1 heterocycles. The van der Waals surface area contributed by atoms with Gasteiger partial charge in [-0.05, 0) is 38.1 Å². The lowest BCUT2D eigenvalue weighted by Crippen LogP contribution is -2.17. The lowest BCUT2D eigenvalue weighted by molar-refractivity contribution is 0.598. The fourth-order valence-corrected chi connectivity index (χ4v) is 2.80. The largest absolute Gasteiger partial charge is 0.310 e. The van der Waals surface area contributed by atoms with E-state index in [9.17, 15) is 4.79 Å². The maximum absolute atomic E-state index is 11.4. The standard InChI is InChI=1S/C15H19N3OS/c1-4-16-11(3)12-5-7-13(8-6-12)20-15-17-10(2)9-14(19)18-15/h5-9,11,16H,4H2,1-3H3,(H,17,18,19). The van der Waals surface area contributed by atoms with Gasteiger partial charge in [0.05, 0.1) is 0 Å². The first kappa shape index (κ1) is 14.8. The summed E-state index contributed by atoms with van der Waals surface area (Å²) < 4.78 is 0. The van der Waals surface area contributed by atoms with Crippen LogP contribution in [0.1, 0.15) is 31.1 Å². The third-order valence-corrected chi connectivity index (χ3v) is 3.85. The summed E-state index contributed by atoms with van der Waals surface area (Å²) in [6.07, 6.45) is 0. The molecule has 2 N–H and O–H groups in total. The van der Waals surface area contributed by atoms with E-state index in [0.29, 0.717) is 11.2 Å². The summed E-state index contributed by atoms with van der Waals surface area (Å²) in [5.74, 6) is 0. The van der Waals surface area contributed by atoms with E-state index < -0.39 is 0 Å². The minimum atomic E-state index is -0.114. The van der Waals surface area contributed by atoms with Crippen LogP contribution in [0.4, 0.5) is 0 Å². The molecule has 0 amide bonds. The Kier molecular flexibility index (Phi) is 4.98. The molecule has 2 aromatic rings. The van der Waals surface area contributed by atoms with Crippen LogP contribution in [0.25, 0.3) is 0 Å². The first-order valence-electron chi connectivity index (χ1n) is 6.67. The van der Waals surface area contributed by atoms with Gasteiger partial charge in [-0.1, -0.05) is 30.8 Å². The molecule has 0 spiro atoms. The average Bonchev–Trinajstić information content (AvgIpc) is 2.38. The molecule has 0 radical (unpaired) electrons. The number of nitrogens with one attached hydrogen (secondary N) is 2. The van der Waals surface area contributed by atoms with Crippen molar-refractivity contribution >= 4 is 11.8 Å². The third-order valence-electron chi connectivity index (χ3n) is 2.95. The van der Waals surface area contributed by atoms with Crippen molar-refractivity contribution in [3.63, 3.8) is 0 Å². The lowest BCUT2D eigenvalue weighted by Gasteiger charge is -2.12. The summed E-state index contributed by atoms with van der Waals surface area (Å²) in [5, 5.41) is 4.01. The predicted octanol–water partition coefficient (Wildman–Crippen LogP) is 2.90. The fourth-order valence-electron chi connectivity index (χ4n) is 1.96. The second kappa shape index (κ2) is 6.72. The Morgan fingerprint density at radius 3 is 2.65 bits per heavy atom. The van der Waals surface area contributed by atoms with Gasteiger partial charge in [-0.15, -0.1) is 0 Å². The highest BCUT2D eigenvalue weighted by Gasteiger charge is 2.05. The van der Waals surface area contributed by atoms with Crippen molar-refractivity contribution in [2.75, 3.05) is 6.54 Å². The molecule has 1 aromatic heterocycles. The van der Waals surface area contributed by atoms with Gasteiger partial charge in [-0.3, -0.25) is 4.79 Å². The molecule has 4 nitrogen and oxygen atoms in total. The molecule has 1 atom stereocenters. The number of aromatic nitrogens is 2. The second-order valence-electron chi connectivity index (χ2n) is 4.64. The highest BCUT2D eigenvalue weighted by Crippen LogP contribution is 2.25. The number of rotatable bonds is 5. The van der Waals surface area contributed by atoms with Gasteiger partial charge in [0, 0.05) is 22.7 Å². The van der Waals surface area contributed by atoms with Gasteiger partial charge in [0.25, 0.3) is 5.56 Å². The summed E-state index contributed by atoms with van der Waals surface area (Å²) in [6.45, 7) is 7.01. The van der Waals surface area contributed by atoms with Gasteiger partial charge in [-0.25, -0.2) is 4.98 Å². The van der Waals surface area contributed by atoms with Gasteiger partial charge >= 0.3 is 0 Å². The van der Waals surface area contributed by atoms with Crippen molar-refractivity contribution in [3.8, 4) is 0 Å². The summed E-state index contributed by atoms with van der Waals surface area (Å²) in [4.78, 5) is 19.5. The number of aromatic amines is 1. The molecule has 1 unspecified atom stereocenters. The number of aryl methyl sites for hydroxylation is 1. The quantitative estimate of drug-likeness (QED) is 0.831. The van der Waals surface area contributed by atoms with Crippen molar-refractivity contribution in [2.24, 2.45) is 0 Å². The SMILES string of the molecule is CCNC(C)c1ccc(Sc2nc(C)cc(=O)[nH]2)cc1. The first-order chi connectivity index (χ1) is 9.58. The Bertz CT molecular complexity index is 622. The number of hydrogen-bond donors (Lipinski definition) is 2. The van der Waals surface area contributed by atoms with Gasteiger partial charge in [0.15, 0.2) is 5.16 Å². The molecule has 5 heteroatoms. The number of nitrogens with zero attached hydrogens (tertiary/aromatic N) is 1. The molecule has 0 saturated carbocycles. The number of H-pyrrole nitrogens is 1. The first-order valence-corrected chi connectivity index (χ1v) is 7.49. The van der Waals surface area contributed by atoms with Crippen LogP contribution in [0.2, 0.25) is 0 Å². The van der Waals surface area contributed by atoms with Gasteiger partial charge < -0.3 is 10.3 Å². The minimum Gasteiger partial charge on any atom is -0.310 e. The van der Waals surface area contributed by atoms with E-state index >= 15 is 0 Å². The van der Waals surface area contributed by atoms with Crippen LogP contribution in [-0.4, -0.2) is 16.5 Å². The zero-order valence-electron chi connectivity index (χ0n) is 11.9. The lowest BCUT2D eigenvalue weighted by atomic mass is 10.1. The maximum Gasteiger partial charge on any atom is 0.251 e. The van der Waals surface area contributed by atoms with Crippen molar-refractivity contribution in [2.45, 2.75) is 36.9 Å². The van der Waals surface area contributed by atoms with E-state index in [1.54, 1.807) is 0 Å². The molecule has 0 aliphatic rings. The summed E-state index contributed by atoms with van der Waals surface area (Å²) in [7, 11) is 0. The molecule has 0 bridgehead atoms. The van der Waals surface area contributed by atoms with Gasteiger partial charge in [0.2, 0.25) is 0 Å². The molecule has 20 heavy (non-hydrogen) atoms. The van der Waals surface area contributed by atoms with E-state index in [-0.39, 0.29) is 5.56 Å². The Balaban J connectivity index is 2.12. The molecule has 0 fully saturated rings. The maximum atomic E-state index is 11.4. The van der Waals surface area contributed by atoms with E-state index in [2.05, 4.69) is 53.4 Å². The highest BCUT2D eigenvalue weighted by atomic mass is 32.2. The normalized spacial score (nSPS) is 12.3. The zero-order chi connectivity index (χ0) is 14.5. The van der Waals surface area contributed by atoms with E-state index in [1.807, 2.05) is 6.92 Å². The van der Waals surface area contributed by atoms with Crippen molar-refractivity contribution in [1.82, 2.24) is 15.3 Å². The summed E-state index contributed by atoms with van der Waals surface area (Å²) in [6, 6.07) is 10.1. The Labute approximate surface area is 123 Å². The molecule has 0 aliphatic heterocycles. The zero-order valence-corrected chi connectivity index (χ0v) is 12.8. The van der Waals surface area contributed by atoms with Gasteiger partial charge in [-0.2, -0.15) is 0 Å². The smallest absolute Gasteiger partial charge is 0.251 e. The Hall–Kier alpha value is -1.59. The van der Waals surface area contributed by atoms with Crippen LogP contribution in [0.3, 0.4) is 0 Å². The van der Waals surface area contributed by atoms with Crippen LogP contribution in [0, 0.1) is 6.92 Å². The number of benzene rings is 1. The monoisotopic (exact) mass is 289 g/mol. The molecule has 106 valence electrons. The van der Waals surface area contributed by atoms with E-state index in [1.165, 1.54) is 23.4 Å². The highest BCUT2D eigenvalue weighted by molar-refractivity contribution is 7.99. The van der Waals surface area contributed by atoms with Crippen molar-refractivity contribution in [3.05, 3.63) is 51.9 Å².